The summed E-state index contributed by atoms with van der Waals surface area (Å²) in [5.74, 6) is 3.74. The standard InChI is InChI=1S/C55H60N2/c1-55(2)51-19-8-5-16-47(51)48-33-32-46(36-52(48)55)56(44-30-26-39(27-31-44)42-23-22-37-12-3-4-13-40(37)34-42)43-28-24-38(25-29-43)41-14-11-15-45(35-41)57-53-20-9-6-17-49(53)50-18-7-10-21-54(50)57/h3-10,12-14,17-24,26,28,30,32,34,38-39,43-45,47-49,52-53H,11,15-16,25,27,29,31,33,35-36H2,1-2H3. The van der Waals surface area contributed by atoms with Gasteiger partial charge in [0.05, 0.1) is 6.04 Å². The van der Waals surface area contributed by atoms with Gasteiger partial charge in [-0.05, 0) is 121 Å². The summed E-state index contributed by atoms with van der Waals surface area (Å²) < 4.78 is 0. The molecule has 1 fully saturated rings. The zero-order chi connectivity index (χ0) is 38.1. The summed E-state index contributed by atoms with van der Waals surface area (Å²) in [6, 6.07) is 27.1. The maximum atomic E-state index is 2.95. The molecule has 10 atom stereocenters. The molecule has 0 aromatic heterocycles. The molecular formula is C55H60N2. The molecule has 0 spiro atoms. The Balaban J connectivity index is 0.856. The molecule has 2 heteroatoms. The third-order valence-corrected chi connectivity index (χ3v) is 16.1. The SMILES string of the molecule is CC1(C)C2=CC=CCC2C2CC=C(N(C3C=CC(C4=CCCC(N5c6ccccc6C6C=CC=CC65)C4)CC3)C3C=CC(c4ccc5ccccc5c4)CC3)CC21. The van der Waals surface area contributed by atoms with Gasteiger partial charge in [0.15, 0.2) is 0 Å². The molecule has 3 aromatic rings. The van der Waals surface area contributed by atoms with Crippen molar-refractivity contribution < 1.29 is 0 Å². The predicted octanol–water partition coefficient (Wildman–Crippen LogP) is 13.3. The minimum atomic E-state index is 0.256. The normalized spacial score (nSPS) is 34.6. The fraction of sp³-hybridized carbons (Fsp3) is 0.418. The fourth-order valence-electron chi connectivity index (χ4n) is 13.3. The van der Waals surface area contributed by atoms with Crippen molar-refractivity contribution in [2.75, 3.05) is 4.90 Å². The van der Waals surface area contributed by atoms with E-state index < -0.39 is 0 Å². The van der Waals surface area contributed by atoms with Gasteiger partial charge in [-0.2, -0.15) is 0 Å². The third-order valence-electron chi connectivity index (χ3n) is 16.1. The highest BCUT2D eigenvalue weighted by Gasteiger charge is 2.53. The van der Waals surface area contributed by atoms with Crippen LogP contribution in [0.2, 0.25) is 0 Å². The van der Waals surface area contributed by atoms with Crippen LogP contribution in [0.15, 0.2) is 163 Å². The number of benzene rings is 3. The molecule has 8 aliphatic rings. The molecule has 0 amide bonds. The molecule has 3 aromatic carbocycles. The topological polar surface area (TPSA) is 6.48 Å². The highest BCUT2D eigenvalue weighted by atomic mass is 15.2. The number of anilines is 1. The monoisotopic (exact) mass is 748 g/mol. The first kappa shape index (κ1) is 35.6. The van der Waals surface area contributed by atoms with Crippen LogP contribution in [0, 0.1) is 29.1 Å². The minimum absolute atomic E-state index is 0.256. The molecule has 1 aliphatic heterocycles. The van der Waals surface area contributed by atoms with Gasteiger partial charge in [0.1, 0.15) is 0 Å². The van der Waals surface area contributed by atoms with Crippen LogP contribution in [0.5, 0.6) is 0 Å². The lowest BCUT2D eigenvalue weighted by molar-refractivity contribution is 0.149. The van der Waals surface area contributed by atoms with Crippen molar-refractivity contribution in [3.63, 3.8) is 0 Å². The van der Waals surface area contributed by atoms with Gasteiger partial charge in [-0.3, -0.25) is 0 Å². The Morgan fingerprint density at radius 1 is 0.684 bits per heavy atom. The van der Waals surface area contributed by atoms with Crippen LogP contribution in [0.1, 0.15) is 101 Å². The average molecular weight is 749 g/mol. The minimum Gasteiger partial charge on any atom is -0.362 e. The van der Waals surface area contributed by atoms with Crippen molar-refractivity contribution in [3.8, 4) is 0 Å². The second-order valence-electron chi connectivity index (χ2n) is 19.3. The van der Waals surface area contributed by atoms with Crippen molar-refractivity contribution in [2.24, 2.45) is 29.1 Å². The van der Waals surface area contributed by atoms with E-state index in [1.54, 1.807) is 16.8 Å². The zero-order valence-corrected chi connectivity index (χ0v) is 34.1. The van der Waals surface area contributed by atoms with E-state index in [0.717, 1.165) is 11.8 Å². The van der Waals surface area contributed by atoms with Crippen LogP contribution in [-0.4, -0.2) is 29.1 Å². The van der Waals surface area contributed by atoms with E-state index in [2.05, 4.69) is 169 Å². The summed E-state index contributed by atoms with van der Waals surface area (Å²) in [6.07, 6.45) is 44.7. The lowest BCUT2D eigenvalue weighted by Gasteiger charge is -2.46. The molecule has 7 aliphatic carbocycles. The molecule has 10 unspecified atom stereocenters. The molecular weight excluding hydrogens is 689 g/mol. The molecule has 0 bridgehead atoms. The Morgan fingerprint density at radius 2 is 1.47 bits per heavy atom. The van der Waals surface area contributed by atoms with E-state index in [9.17, 15) is 0 Å². The maximum absolute atomic E-state index is 2.95. The molecule has 290 valence electrons. The highest BCUT2D eigenvalue weighted by Crippen LogP contribution is 2.61. The first-order valence-electron chi connectivity index (χ1n) is 22.6. The number of allylic oxidation sites excluding steroid dienone is 11. The number of fused-ring (bicyclic) bond motifs is 7. The van der Waals surface area contributed by atoms with Crippen molar-refractivity contribution in [3.05, 3.63) is 174 Å². The van der Waals surface area contributed by atoms with Gasteiger partial charge in [0.25, 0.3) is 0 Å². The van der Waals surface area contributed by atoms with E-state index in [0.29, 0.717) is 47.8 Å². The summed E-state index contributed by atoms with van der Waals surface area (Å²) in [6.45, 7) is 5.13. The Bertz CT molecular complexity index is 2290. The fourth-order valence-corrected chi connectivity index (χ4v) is 13.3. The first-order chi connectivity index (χ1) is 28.0. The van der Waals surface area contributed by atoms with Gasteiger partial charge in [0.2, 0.25) is 0 Å². The van der Waals surface area contributed by atoms with Crippen LogP contribution in [0.4, 0.5) is 5.69 Å². The smallest absolute Gasteiger partial charge is 0.0583 e. The summed E-state index contributed by atoms with van der Waals surface area (Å²) in [4.78, 5) is 5.75. The van der Waals surface area contributed by atoms with Crippen molar-refractivity contribution in [1.29, 1.82) is 0 Å². The first-order valence-corrected chi connectivity index (χ1v) is 22.6. The Hall–Kier alpha value is -4.56. The van der Waals surface area contributed by atoms with Gasteiger partial charge in [-0.15, -0.1) is 0 Å². The molecule has 0 N–H and O–H groups in total. The molecule has 1 heterocycles. The molecule has 0 radical (unpaired) electrons. The molecule has 2 nitrogen and oxygen atoms in total. The summed E-state index contributed by atoms with van der Waals surface area (Å²) in [7, 11) is 0. The maximum Gasteiger partial charge on any atom is 0.0583 e. The Morgan fingerprint density at radius 3 is 2.32 bits per heavy atom. The number of hydrogen-bond donors (Lipinski definition) is 0. The van der Waals surface area contributed by atoms with Gasteiger partial charge in [0, 0.05) is 41.3 Å². The second-order valence-corrected chi connectivity index (χ2v) is 19.3. The van der Waals surface area contributed by atoms with Crippen molar-refractivity contribution in [1.82, 2.24) is 4.90 Å². The van der Waals surface area contributed by atoms with E-state index in [1.807, 2.05) is 0 Å². The van der Waals surface area contributed by atoms with Crippen LogP contribution in [0.3, 0.4) is 0 Å². The van der Waals surface area contributed by atoms with Crippen LogP contribution >= 0.6 is 0 Å². The lowest BCUT2D eigenvalue weighted by atomic mass is 9.71. The number of nitrogens with zero attached hydrogens (tertiary/aromatic N) is 2. The number of para-hydroxylation sites is 1. The molecule has 11 rings (SSSR count). The van der Waals surface area contributed by atoms with Gasteiger partial charge < -0.3 is 9.80 Å². The average Bonchev–Trinajstić information content (AvgIpc) is 3.72. The second kappa shape index (κ2) is 14.4. The third kappa shape index (κ3) is 6.11. The van der Waals surface area contributed by atoms with Crippen LogP contribution in [0.25, 0.3) is 10.8 Å². The highest BCUT2D eigenvalue weighted by molar-refractivity contribution is 5.83. The summed E-state index contributed by atoms with van der Waals surface area (Å²) in [5, 5.41) is 2.70. The molecule has 1 saturated carbocycles. The van der Waals surface area contributed by atoms with E-state index in [4.69, 9.17) is 0 Å². The Kier molecular flexibility index (Phi) is 8.97. The number of rotatable bonds is 6. The van der Waals surface area contributed by atoms with E-state index >= 15 is 0 Å². The van der Waals surface area contributed by atoms with E-state index in [-0.39, 0.29) is 5.41 Å². The van der Waals surface area contributed by atoms with Gasteiger partial charge in [-0.25, -0.2) is 0 Å². The van der Waals surface area contributed by atoms with Crippen molar-refractivity contribution in [2.45, 2.75) is 114 Å². The van der Waals surface area contributed by atoms with Gasteiger partial charge in [-0.1, -0.05) is 165 Å². The quantitative estimate of drug-likeness (QED) is 0.232. The van der Waals surface area contributed by atoms with Crippen molar-refractivity contribution >= 4 is 16.5 Å². The Labute approximate surface area is 341 Å². The summed E-state index contributed by atoms with van der Waals surface area (Å²) in [5.41, 5.74) is 9.75. The molecule has 57 heavy (non-hydrogen) atoms. The molecule has 0 saturated heterocycles. The van der Waals surface area contributed by atoms with Crippen LogP contribution in [-0.2, 0) is 0 Å². The number of hydrogen-bond acceptors (Lipinski definition) is 2. The van der Waals surface area contributed by atoms with Crippen LogP contribution < -0.4 is 4.90 Å². The van der Waals surface area contributed by atoms with E-state index in [1.165, 1.54) is 91.8 Å². The van der Waals surface area contributed by atoms with Gasteiger partial charge >= 0.3 is 0 Å². The lowest BCUT2D eigenvalue weighted by Crippen LogP contribution is -2.45. The largest absolute Gasteiger partial charge is 0.362 e. The predicted molar refractivity (Wildman–Crippen MR) is 239 cm³/mol. The summed E-state index contributed by atoms with van der Waals surface area (Å²) >= 11 is 0. The zero-order valence-electron chi connectivity index (χ0n) is 34.1.